The third-order valence-corrected chi connectivity index (χ3v) is 3.30. The van der Waals surface area contributed by atoms with Crippen LogP contribution in [0, 0.1) is 6.92 Å². The van der Waals surface area contributed by atoms with E-state index in [0.717, 1.165) is 0 Å². The SMILES string of the molecule is COC(=O)C(NCc1nc(C)no1)c1ccc(Cl)cc1Cl. The predicted octanol–water partition coefficient (Wildman–Crippen LogP) is 2.69. The molecule has 112 valence electrons. The molecular formula is C13H13Cl2N3O3. The minimum Gasteiger partial charge on any atom is -0.468 e. The lowest BCUT2D eigenvalue weighted by Gasteiger charge is -2.17. The zero-order valence-electron chi connectivity index (χ0n) is 11.4. The molecule has 1 heterocycles. The second-order valence-electron chi connectivity index (χ2n) is 4.24. The number of aromatic nitrogens is 2. The molecule has 1 N–H and O–H groups in total. The molecular weight excluding hydrogens is 317 g/mol. The highest BCUT2D eigenvalue weighted by molar-refractivity contribution is 6.35. The van der Waals surface area contributed by atoms with Crippen molar-refractivity contribution < 1.29 is 14.1 Å². The Kier molecular flexibility index (Phi) is 5.17. The van der Waals surface area contributed by atoms with Gasteiger partial charge in [0.15, 0.2) is 5.82 Å². The monoisotopic (exact) mass is 329 g/mol. The van der Waals surface area contributed by atoms with Crippen LogP contribution in [0.2, 0.25) is 10.0 Å². The molecule has 0 aliphatic heterocycles. The van der Waals surface area contributed by atoms with Crippen molar-refractivity contribution in [3.8, 4) is 0 Å². The minimum absolute atomic E-state index is 0.208. The Bertz CT molecular complexity index is 645. The van der Waals surface area contributed by atoms with Gasteiger partial charge in [0.05, 0.1) is 13.7 Å². The summed E-state index contributed by atoms with van der Waals surface area (Å²) < 4.78 is 9.77. The fourth-order valence-electron chi connectivity index (χ4n) is 1.77. The van der Waals surface area contributed by atoms with E-state index in [1.807, 2.05) is 0 Å². The fraction of sp³-hybridized carbons (Fsp3) is 0.308. The van der Waals surface area contributed by atoms with Crippen LogP contribution in [0.1, 0.15) is 23.3 Å². The van der Waals surface area contributed by atoms with E-state index in [4.69, 9.17) is 32.5 Å². The van der Waals surface area contributed by atoms with Gasteiger partial charge in [-0.05, 0) is 24.6 Å². The van der Waals surface area contributed by atoms with Crippen LogP contribution in [0.5, 0.6) is 0 Å². The summed E-state index contributed by atoms with van der Waals surface area (Å²) in [6.45, 7) is 1.92. The van der Waals surface area contributed by atoms with E-state index in [1.165, 1.54) is 7.11 Å². The first-order chi connectivity index (χ1) is 10.0. The highest BCUT2D eigenvalue weighted by atomic mass is 35.5. The number of carbonyl (C=O) groups excluding carboxylic acids is 1. The smallest absolute Gasteiger partial charge is 0.327 e. The minimum atomic E-state index is -0.757. The number of esters is 1. The second-order valence-corrected chi connectivity index (χ2v) is 5.08. The van der Waals surface area contributed by atoms with Gasteiger partial charge in [-0.2, -0.15) is 4.98 Å². The highest BCUT2D eigenvalue weighted by Crippen LogP contribution is 2.27. The average molecular weight is 330 g/mol. The van der Waals surface area contributed by atoms with Gasteiger partial charge in [-0.15, -0.1) is 0 Å². The summed E-state index contributed by atoms with van der Waals surface area (Å²) in [5.41, 5.74) is 0.559. The number of nitrogens with one attached hydrogen (secondary N) is 1. The first-order valence-corrected chi connectivity index (χ1v) is 6.82. The van der Waals surface area contributed by atoms with Crippen molar-refractivity contribution >= 4 is 29.2 Å². The number of carbonyl (C=O) groups is 1. The molecule has 0 saturated heterocycles. The van der Waals surface area contributed by atoms with Gasteiger partial charge in [-0.1, -0.05) is 34.4 Å². The fourth-order valence-corrected chi connectivity index (χ4v) is 2.29. The number of benzene rings is 1. The first kappa shape index (κ1) is 15.8. The van der Waals surface area contributed by atoms with Gasteiger partial charge in [-0.3, -0.25) is 5.32 Å². The quantitative estimate of drug-likeness (QED) is 0.850. The van der Waals surface area contributed by atoms with E-state index in [9.17, 15) is 4.79 Å². The van der Waals surface area contributed by atoms with Crippen molar-refractivity contribution in [3.05, 3.63) is 45.5 Å². The lowest BCUT2D eigenvalue weighted by atomic mass is 10.1. The third-order valence-electron chi connectivity index (χ3n) is 2.74. The van der Waals surface area contributed by atoms with Gasteiger partial charge >= 0.3 is 5.97 Å². The van der Waals surface area contributed by atoms with Gasteiger partial charge in [-0.25, -0.2) is 4.79 Å². The number of methoxy groups -OCH3 is 1. The number of ether oxygens (including phenoxy) is 1. The van der Waals surface area contributed by atoms with E-state index >= 15 is 0 Å². The number of hydrogen-bond donors (Lipinski definition) is 1. The van der Waals surface area contributed by atoms with Gasteiger partial charge in [0, 0.05) is 10.0 Å². The maximum absolute atomic E-state index is 11.9. The maximum atomic E-state index is 11.9. The summed E-state index contributed by atoms with van der Waals surface area (Å²) >= 11 is 12.0. The number of aryl methyl sites for hydroxylation is 1. The summed E-state index contributed by atoms with van der Waals surface area (Å²) in [6.07, 6.45) is 0. The molecule has 1 aromatic carbocycles. The number of halogens is 2. The summed E-state index contributed by atoms with van der Waals surface area (Å²) in [5, 5.41) is 7.51. The Labute approximate surface area is 131 Å². The molecule has 0 fully saturated rings. The zero-order valence-corrected chi connectivity index (χ0v) is 12.9. The molecule has 0 saturated carbocycles. The van der Waals surface area contributed by atoms with Crippen molar-refractivity contribution in [2.75, 3.05) is 7.11 Å². The molecule has 21 heavy (non-hydrogen) atoms. The summed E-state index contributed by atoms with van der Waals surface area (Å²) in [7, 11) is 1.30. The summed E-state index contributed by atoms with van der Waals surface area (Å²) in [5.74, 6) is 0.410. The van der Waals surface area contributed by atoms with Gasteiger partial charge in [0.1, 0.15) is 6.04 Å². The molecule has 1 unspecified atom stereocenters. The van der Waals surface area contributed by atoms with Crippen LogP contribution in [0.3, 0.4) is 0 Å². The van der Waals surface area contributed by atoms with Gasteiger partial charge in [0.2, 0.25) is 5.89 Å². The van der Waals surface area contributed by atoms with Gasteiger partial charge in [0.25, 0.3) is 0 Å². The van der Waals surface area contributed by atoms with Crippen molar-refractivity contribution in [1.29, 1.82) is 0 Å². The average Bonchev–Trinajstić information content (AvgIpc) is 2.86. The summed E-state index contributed by atoms with van der Waals surface area (Å²) in [6, 6.07) is 4.12. The Morgan fingerprint density at radius 1 is 1.48 bits per heavy atom. The van der Waals surface area contributed by atoms with Crippen molar-refractivity contribution in [2.24, 2.45) is 0 Å². The molecule has 0 aliphatic carbocycles. The Hall–Kier alpha value is -1.63. The number of nitrogens with zero attached hydrogens (tertiary/aromatic N) is 2. The lowest BCUT2D eigenvalue weighted by Crippen LogP contribution is -2.29. The van der Waals surface area contributed by atoms with Crippen LogP contribution in [-0.4, -0.2) is 23.2 Å². The third kappa shape index (κ3) is 3.93. The molecule has 0 spiro atoms. The van der Waals surface area contributed by atoms with Crippen LogP contribution < -0.4 is 5.32 Å². The normalized spacial score (nSPS) is 12.2. The van der Waals surface area contributed by atoms with Crippen molar-refractivity contribution in [1.82, 2.24) is 15.5 Å². The van der Waals surface area contributed by atoms with Crippen LogP contribution in [-0.2, 0) is 16.1 Å². The van der Waals surface area contributed by atoms with E-state index in [2.05, 4.69) is 15.5 Å². The zero-order chi connectivity index (χ0) is 15.4. The Morgan fingerprint density at radius 3 is 2.81 bits per heavy atom. The molecule has 8 heteroatoms. The van der Waals surface area contributed by atoms with Crippen LogP contribution in [0.25, 0.3) is 0 Å². The number of rotatable bonds is 5. The molecule has 1 aromatic heterocycles. The molecule has 0 amide bonds. The van der Waals surface area contributed by atoms with E-state index < -0.39 is 12.0 Å². The molecule has 1 atom stereocenters. The molecule has 2 rings (SSSR count). The van der Waals surface area contributed by atoms with E-state index in [0.29, 0.717) is 27.3 Å². The van der Waals surface area contributed by atoms with Crippen LogP contribution in [0.4, 0.5) is 0 Å². The van der Waals surface area contributed by atoms with E-state index in [-0.39, 0.29) is 6.54 Å². The van der Waals surface area contributed by atoms with Crippen LogP contribution in [0.15, 0.2) is 22.7 Å². The lowest BCUT2D eigenvalue weighted by molar-refractivity contribution is -0.143. The second kappa shape index (κ2) is 6.89. The molecule has 6 nitrogen and oxygen atoms in total. The standard InChI is InChI=1S/C13H13Cl2N3O3/c1-7-17-11(21-18-7)6-16-12(13(19)20-2)9-4-3-8(14)5-10(9)15/h3-5,12,16H,6H2,1-2H3. The largest absolute Gasteiger partial charge is 0.468 e. The first-order valence-electron chi connectivity index (χ1n) is 6.06. The molecule has 0 aliphatic rings. The predicted molar refractivity (Wildman–Crippen MR) is 77.1 cm³/mol. The molecule has 2 aromatic rings. The van der Waals surface area contributed by atoms with E-state index in [1.54, 1.807) is 25.1 Å². The van der Waals surface area contributed by atoms with Crippen molar-refractivity contribution in [3.63, 3.8) is 0 Å². The molecule has 0 radical (unpaired) electrons. The van der Waals surface area contributed by atoms with Crippen LogP contribution >= 0.6 is 23.2 Å². The maximum Gasteiger partial charge on any atom is 0.327 e. The van der Waals surface area contributed by atoms with Gasteiger partial charge < -0.3 is 9.26 Å². The Balaban J connectivity index is 2.20. The highest BCUT2D eigenvalue weighted by Gasteiger charge is 2.24. The Morgan fingerprint density at radius 2 is 2.24 bits per heavy atom. The topological polar surface area (TPSA) is 77.2 Å². The van der Waals surface area contributed by atoms with Crippen molar-refractivity contribution in [2.45, 2.75) is 19.5 Å². The number of hydrogen-bond acceptors (Lipinski definition) is 6. The summed E-state index contributed by atoms with van der Waals surface area (Å²) in [4.78, 5) is 16.0. The molecule has 0 bridgehead atoms.